The van der Waals surface area contributed by atoms with Crippen molar-refractivity contribution in [1.82, 2.24) is 0 Å². The van der Waals surface area contributed by atoms with Crippen LogP contribution < -0.4 is 15.8 Å². The van der Waals surface area contributed by atoms with Gasteiger partial charge in [-0.15, -0.1) is 0 Å². The second-order valence-corrected chi connectivity index (χ2v) is 2.38. The summed E-state index contributed by atoms with van der Waals surface area (Å²) in [6.07, 6.45) is 0. The largest absolute Gasteiger partial charge is 0.497 e. The van der Waals surface area contributed by atoms with Crippen molar-refractivity contribution in [2.75, 3.05) is 12.4 Å². The minimum Gasteiger partial charge on any atom is -0.497 e. The lowest BCUT2D eigenvalue weighted by Crippen LogP contribution is -2.06. The third-order valence-corrected chi connectivity index (χ3v) is 1.37. The van der Waals surface area contributed by atoms with Gasteiger partial charge in [-0.3, -0.25) is 0 Å². The second-order valence-electron chi connectivity index (χ2n) is 2.38. The topological polar surface area (TPSA) is 47.3 Å². The summed E-state index contributed by atoms with van der Waals surface area (Å²) in [5.41, 5.74) is 6.25. The van der Waals surface area contributed by atoms with Gasteiger partial charge >= 0.3 is 0 Å². The number of nitrogens with one attached hydrogen (secondary N) is 1. The predicted molar refractivity (Wildman–Crippen MR) is 49.9 cm³/mol. The zero-order valence-electron chi connectivity index (χ0n) is 7.00. The summed E-state index contributed by atoms with van der Waals surface area (Å²) in [7, 11) is 1.62. The molecule has 1 rings (SSSR count). The van der Waals surface area contributed by atoms with Crippen LogP contribution in [0.3, 0.4) is 0 Å². The lowest BCUT2D eigenvalue weighted by Gasteiger charge is -2.06. The molecule has 0 aromatic heterocycles. The van der Waals surface area contributed by atoms with Crippen LogP contribution >= 0.6 is 0 Å². The van der Waals surface area contributed by atoms with Crippen LogP contribution in [-0.2, 0) is 0 Å². The first-order valence-corrected chi connectivity index (χ1v) is 3.58. The van der Waals surface area contributed by atoms with Crippen LogP contribution in [0, 0.1) is 0 Å². The van der Waals surface area contributed by atoms with Crippen LogP contribution in [0.25, 0.3) is 0 Å². The van der Waals surface area contributed by atoms with Crippen molar-refractivity contribution in [3.05, 3.63) is 36.7 Å². The molecule has 0 aliphatic rings. The highest BCUT2D eigenvalue weighted by atomic mass is 16.5. The number of nitrogens with two attached hydrogens (primary N) is 1. The van der Waals surface area contributed by atoms with E-state index in [9.17, 15) is 0 Å². The van der Waals surface area contributed by atoms with Gasteiger partial charge in [0.05, 0.1) is 12.9 Å². The second kappa shape index (κ2) is 3.67. The first-order valence-electron chi connectivity index (χ1n) is 3.58. The normalized spacial score (nSPS) is 9.08. The molecule has 0 heterocycles. The van der Waals surface area contributed by atoms with E-state index in [4.69, 9.17) is 10.5 Å². The van der Waals surface area contributed by atoms with E-state index in [-0.39, 0.29) is 0 Å². The molecule has 0 radical (unpaired) electrons. The van der Waals surface area contributed by atoms with E-state index < -0.39 is 0 Å². The smallest absolute Gasteiger partial charge is 0.120 e. The molecule has 64 valence electrons. The maximum atomic E-state index is 5.37. The van der Waals surface area contributed by atoms with Crippen molar-refractivity contribution in [3.8, 4) is 5.75 Å². The highest BCUT2D eigenvalue weighted by Crippen LogP contribution is 2.16. The first kappa shape index (κ1) is 8.46. The molecule has 0 aliphatic heterocycles. The SMILES string of the molecule is C=C(N)Nc1cccc(OC)c1. The Morgan fingerprint density at radius 1 is 1.58 bits per heavy atom. The van der Waals surface area contributed by atoms with E-state index >= 15 is 0 Å². The van der Waals surface area contributed by atoms with Gasteiger partial charge in [0, 0.05) is 11.8 Å². The van der Waals surface area contributed by atoms with E-state index in [0.29, 0.717) is 5.82 Å². The molecule has 0 bridgehead atoms. The van der Waals surface area contributed by atoms with Gasteiger partial charge in [0.15, 0.2) is 0 Å². The van der Waals surface area contributed by atoms with Gasteiger partial charge in [0.25, 0.3) is 0 Å². The van der Waals surface area contributed by atoms with E-state index in [2.05, 4.69) is 11.9 Å². The Morgan fingerprint density at radius 3 is 2.92 bits per heavy atom. The van der Waals surface area contributed by atoms with Crippen molar-refractivity contribution in [1.29, 1.82) is 0 Å². The molecule has 3 N–H and O–H groups in total. The molecular weight excluding hydrogens is 152 g/mol. The molecule has 0 amide bonds. The number of hydrogen-bond acceptors (Lipinski definition) is 3. The number of ether oxygens (including phenoxy) is 1. The van der Waals surface area contributed by atoms with Crippen LogP contribution in [0.5, 0.6) is 5.75 Å². The fraction of sp³-hybridized carbons (Fsp3) is 0.111. The van der Waals surface area contributed by atoms with Crippen molar-refractivity contribution in [2.45, 2.75) is 0 Å². The summed E-state index contributed by atoms with van der Waals surface area (Å²) in [6.45, 7) is 3.53. The zero-order valence-corrected chi connectivity index (χ0v) is 7.00. The van der Waals surface area contributed by atoms with Crippen LogP contribution in [0.1, 0.15) is 0 Å². The predicted octanol–water partition coefficient (Wildman–Crippen LogP) is 1.54. The lowest BCUT2D eigenvalue weighted by atomic mass is 10.3. The Morgan fingerprint density at radius 2 is 2.33 bits per heavy atom. The third-order valence-electron chi connectivity index (χ3n) is 1.37. The Hall–Kier alpha value is -1.64. The summed E-state index contributed by atoms with van der Waals surface area (Å²) in [5.74, 6) is 1.21. The third kappa shape index (κ3) is 2.20. The molecular formula is C9H12N2O. The Kier molecular flexibility index (Phi) is 2.58. The average molecular weight is 164 g/mol. The fourth-order valence-electron chi connectivity index (χ4n) is 0.886. The summed E-state index contributed by atoms with van der Waals surface area (Å²) in [4.78, 5) is 0. The number of rotatable bonds is 3. The van der Waals surface area contributed by atoms with E-state index in [0.717, 1.165) is 11.4 Å². The van der Waals surface area contributed by atoms with Crippen LogP contribution in [0.4, 0.5) is 5.69 Å². The van der Waals surface area contributed by atoms with E-state index in [1.165, 1.54) is 0 Å². The Labute approximate surface area is 71.8 Å². The number of methoxy groups -OCH3 is 1. The molecule has 0 spiro atoms. The van der Waals surface area contributed by atoms with E-state index in [1.54, 1.807) is 7.11 Å². The molecule has 1 aromatic rings. The first-order chi connectivity index (χ1) is 5.72. The van der Waals surface area contributed by atoms with Crippen LogP contribution in [-0.4, -0.2) is 7.11 Å². The summed E-state index contributed by atoms with van der Waals surface area (Å²) < 4.78 is 5.03. The molecule has 0 fully saturated rings. The maximum absolute atomic E-state index is 5.37. The standard InChI is InChI=1S/C9H12N2O/c1-7(10)11-8-4-3-5-9(6-8)12-2/h3-6,11H,1,10H2,2H3. The molecule has 0 aliphatic carbocycles. The molecule has 3 nitrogen and oxygen atoms in total. The number of benzene rings is 1. The Bertz CT molecular complexity index is 284. The van der Waals surface area contributed by atoms with Crippen molar-refractivity contribution in [2.24, 2.45) is 5.73 Å². The molecule has 0 atom stereocenters. The fourth-order valence-corrected chi connectivity index (χ4v) is 0.886. The quantitative estimate of drug-likeness (QED) is 0.712. The highest BCUT2D eigenvalue weighted by Gasteiger charge is 1.93. The summed E-state index contributed by atoms with van der Waals surface area (Å²) >= 11 is 0. The summed E-state index contributed by atoms with van der Waals surface area (Å²) in [5, 5.41) is 2.88. The lowest BCUT2D eigenvalue weighted by molar-refractivity contribution is 0.415. The van der Waals surface area contributed by atoms with Gasteiger partial charge in [-0.1, -0.05) is 12.6 Å². The monoisotopic (exact) mass is 164 g/mol. The Balaban J connectivity index is 2.79. The molecule has 0 saturated heterocycles. The maximum Gasteiger partial charge on any atom is 0.120 e. The van der Waals surface area contributed by atoms with Gasteiger partial charge in [0.1, 0.15) is 5.75 Å². The zero-order chi connectivity index (χ0) is 8.97. The molecule has 0 saturated carbocycles. The van der Waals surface area contributed by atoms with Gasteiger partial charge in [0.2, 0.25) is 0 Å². The highest BCUT2D eigenvalue weighted by molar-refractivity contribution is 5.51. The molecule has 3 heteroatoms. The van der Waals surface area contributed by atoms with Gasteiger partial charge in [-0.25, -0.2) is 0 Å². The van der Waals surface area contributed by atoms with Crippen LogP contribution in [0.2, 0.25) is 0 Å². The summed E-state index contributed by atoms with van der Waals surface area (Å²) in [6, 6.07) is 7.48. The average Bonchev–Trinajstić information content (AvgIpc) is 2.03. The van der Waals surface area contributed by atoms with E-state index in [1.807, 2.05) is 24.3 Å². The minimum absolute atomic E-state index is 0.420. The minimum atomic E-state index is 0.420. The van der Waals surface area contributed by atoms with Gasteiger partial charge in [-0.05, 0) is 12.1 Å². The van der Waals surface area contributed by atoms with Crippen molar-refractivity contribution in [3.63, 3.8) is 0 Å². The van der Waals surface area contributed by atoms with Gasteiger partial charge in [-0.2, -0.15) is 0 Å². The number of hydrogen-bond donors (Lipinski definition) is 2. The van der Waals surface area contributed by atoms with Crippen molar-refractivity contribution < 1.29 is 4.74 Å². The number of anilines is 1. The van der Waals surface area contributed by atoms with Gasteiger partial charge < -0.3 is 15.8 Å². The van der Waals surface area contributed by atoms with Crippen LogP contribution in [0.15, 0.2) is 36.7 Å². The molecule has 12 heavy (non-hydrogen) atoms. The van der Waals surface area contributed by atoms with Crippen molar-refractivity contribution >= 4 is 5.69 Å². The molecule has 0 unspecified atom stereocenters. The molecule has 1 aromatic carbocycles.